The van der Waals surface area contributed by atoms with Crippen LogP contribution in [0, 0.1) is 0 Å². The maximum Gasteiger partial charge on any atom is 0.393 e. The zero-order valence-corrected chi connectivity index (χ0v) is 8.54. The van der Waals surface area contributed by atoms with E-state index in [4.69, 9.17) is 20.8 Å². The number of hydrogen-bond acceptors (Lipinski definition) is 4. The van der Waals surface area contributed by atoms with Crippen LogP contribution in [0.1, 0.15) is 5.69 Å². The molecule has 0 spiro atoms. The molecule has 0 aromatic carbocycles. The molecule has 0 saturated carbocycles. The van der Waals surface area contributed by atoms with Crippen LogP contribution in [0.5, 0.6) is 6.08 Å². The van der Waals surface area contributed by atoms with Crippen molar-refractivity contribution in [1.82, 2.24) is 9.88 Å². The molecule has 0 radical (unpaired) electrons. The highest BCUT2D eigenvalue weighted by atomic mass is 35.5. The Labute approximate surface area is 82.4 Å². The summed E-state index contributed by atoms with van der Waals surface area (Å²) >= 11 is 5.54. The van der Waals surface area contributed by atoms with Crippen molar-refractivity contribution in [3.05, 3.63) is 12.0 Å². The number of ether oxygens (including phenoxy) is 1. The fraction of sp³-hybridized carbons (Fsp3) is 0.625. The Balaban J connectivity index is 2.28. The molecule has 0 fully saturated rings. The Morgan fingerprint density at radius 3 is 2.92 bits per heavy atom. The van der Waals surface area contributed by atoms with E-state index in [0.717, 1.165) is 6.54 Å². The van der Waals surface area contributed by atoms with Gasteiger partial charge in [-0.2, -0.15) is 4.98 Å². The third kappa shape index (κ3) is 3.65. The average molecular weight is 205 g/mol. The number of oxazole rings is 1. The highest BCUT2D eigenvalue weighted by molar-refractivity contribution is 6.16. The predicted octanol–water partition coefficient (Wildman–Crippen LogP) is 1.35. The molecule has 0 N–H and O–H groups in total. The van der Waals surface area contributed by atoms with Crippen molar-refractivity contribution in [3.8, 4) is 6.08 Å². The van der Waals surface area contributed by atoms with Crippen LogP contribution < -0.4 is 4.74 Å². The molecule has 1 rings (SSSR count). The second kappa shape index (κ2) is 5.09. The fourth-order valence-corrected chi connectivity index (χ4v) is 0.854. The summed E-state index contributed by atoms with van der Waals surface area (Å²) in [7, 11) is 3.95. The first-order chi connectivity index (χ1) is 6.22. The first-order valence-electron chi connectivity index (χ1n) is 4.00. The van der Waals surface area contributed by atoms with Crippen molar-refractivity contribution in [3.63, 3.8) is 0 Å². The van der Waals surface area contributed by atoms with Gasteiger partial charge >= 0.3 is 6.08 Å². The Kier molecular flexibility index (Phi) is 4.05. The van der Waals surface area contributed by atoms with Crippen molar-refractivity contribution >= 4 is 11.6 Å². The maximum absolute atomic E-state index is 5.54. The number of aromatic nitrogens is 1. The largest absolute Gasteiger partial charge is 0.449 e. The summed E-state index contributed by atoms with van der Waals surface area (Å²) in [5, 5.41) is 0. The second-order valence-electron chi connectivity index (χ2n) is 2.89. The van der Waals surface area contributed by atoms with Gasteiger partial charge in [0.05, 0.1) is 11.6 Å². The first-order valence-corrected chi connectivity index (χ1v) is 4.53. The van der Waals surface area contributed by atoms with Crippen molar-refractivity contribution < 1.29 is 9.15 Å². The van der Waals surface area contributed by atoms with Crippen LogP contribution in [-0.4, -0.2) is 37.1 Å². The molecule has 0 aliphatic heterocycles. The zero-order valence-electron chi connectivity index (χ0n) is 7.79. The van der Waals surface area contributed by atoms with Crippen LogP contribution in [0.4, 0.5) is 0 Å². The van der Waals surface area contributed by atoms with Crippen LogP contribution in [0.25, 0.3) is 0 Å². The van der Waals surface area contributed by atoms with E-state index in [9.17, 15) is 0 Å². The number of likely N-dealkylation sites (N-methyl/N-ethyl adjacent to an activating group) is 1. The van der Waals surface area contributed by atoms with Crippen LogP contribution in [0.3, 0.4) is 0 Å². The number of rotatable bonds is 5. The van der Waals surface area contributed by atoms with E-state index in [1.54, 1.807) is 0 Å². The minimum atomic E-state index is 0.289. The third-order valence-corrected chi connectivity index (χ3v) is 1.71. The molecule has 0 unspecified atom stereocenters. The summed E-state index contributed by atoms with van der Waals surface area (Å²) in [5.41, 5.74) is 0.696. The molecule has 0 atom stereocenters. The minimum absolute atomic E-state index is 0.289. The lowest BCUT2D eigenvalue weighted by Crippen LogP contribution is -2.19. The van der Waals surface area contributed by atoms with Crippen molar-refractivity contribution in [2.45, 2.75) is 5.88 Å². The molecule has 0 saturated heterocycles. The van der Waals surface area contributed by atoms with Gasteiger partial charge in [-0.1, -0.05) is 0 Å². The molecule has 5 heteroatoms. The molecule has 0 bridgehead atoms. The number of nitrogens with zero attached hydrogens (tertiary/aromatic N) is 2. The topological polar surface area (TPSA) is 38.5 Å². The smallest absolute Gasteiger partial charge is 0.393 e. The summed E-state index contributed by atoms with van der Waals surface area (Å²) in [6, 6.07) is 0. The SMILES string of the molecule is CN(C)CCOc1nc(CCl)co1. The van der Waals surface area contributed by atoms with E-state index in [1.807, 2.05) is 19.0 Å². The van der Waals surface area contributed by atoms with Crippen molar-refractivity contribution in [1.29, 1.82) is 0 Å². The highest BCUT2D eigenvalue weighted by Gasteiger charge is 2.03. The lowest BCUT2D eigenvalue weighted by atomic mass is 10.6. The lowest BCUT2D eigenvalue weighted by molar-refractivity contribution is 0.203. The second-order valence-corrected chi connectivity index (χ2v) is 3.16. The molecule has 0 amide bonds. The number of alkyl halides is 1. The van der Waals surface area contributed by atoms with Gasteiger partial charge in [-0.05, 0) is 14.1 Å². The fourth-order valence-electron chi connectivity index (χ4n) is 0.732. The normalized spacial score (nSPS) is 10.8. The van der Waals surface area contributed by atoms with E-state index in [1.165, 1.54) is 6.26 Å². The monoisotopic (exact) mass is 204 g/mol. The van der Waals surface area contributed by atoms with Gasteiger partial charge in [0.25, 0.3) is 0 Å². The summed E-state index contributed by atoms with van der Waals surface area (Å²) in [6.45, 7) is 1.40. The molecular formula is C8H13ClN2O2. The molecule has 74 valence electrons. The molecular weight excluding hydrogens is 192 g/mol. The summed E-state index contributed by atoms with van der Waals surface area (Å²) in [5.74, 6) is 0.348. The van der Waals surface area contributed by atoms with E-state index in [-0.39, 0.29) is 6.08 Å². The molecule has 1 aromatic rings. The van der Waals surface area contributed by atoms with Crippen LogP contribution in [0.2, 0.25) is 0 Å². The Morgan fingerprint density at radius 2 is 2.38 bits per heavy atom. The van der Waals surface area contributed by atoms with E-state index in [0.29, 0.717) is 18.2 Å². The highest BCUT2D eigenvalue weighted by Crippen LogP contribution is 2.11. The summed E-state index contributed by atoms with van der Waals surface area (Å²) in [4.78, 5) is 6.01. The van der Waals surface area contributed by atoms with Crippen LogP contribution in [0.15, 0.2) is 10.7 Å². The first kappa shape index (κ1) is 10.3. The molecule has 13 heavy (non-hydrogen) atoms. The predicted molar refractivity (Wildman–Crippen MR) is 50.1 cm³/mol. The van der Waals surface area contributed by atoms with Gasteiger partial charge in [0, 0.05) is 6.54 Å². The lowest BCUT2D eigenvalue weighted by Gasteiger charge is -2.07. The van der Waals surface area contributed by atoms with E-state index in [2.05, 4.69) is 4.98 Å². The van der Waals surface area contributed by atoms with Gasteiger partial charge in [0.15, 0.2) is 0 Å². The molecule has 1 heterocycles. The van der Waals surface area contributed by atoms with Gasteiger partial charge < -0.3 is 14.1 Å². The Bertz CT molecular complexity index is 250. The van der Waals surface area contributed by atoms with Gasteiger partial charge in [0.2, 0.25) is 0 Å². The van der Waals surface area contributed by atoms with Crippen LogP contribution >= 0.6 is 11.6 Å². The Morgan fingerprint density at radius 1 is 1.62 bits per heavy atom. The molecule has 0 aliphatic carbocycles. The molecule has 4 nitrogen and oxygen atoms in total. The third-order valence-electron chi connectivity index (χ3n) is 1.43. The quantitative estimate of drug-likeness (QED) is 0.679. The molecule has 1 aromatic heterocycles. The molecule has 0 aliphatic rings. The standard InChI is InChI=1S/C8H13ClN2O2/c1-11(2)3-4-12-8-10-7(5-9)6-13-8/h6H,3-5H2,1-2H3. The van der Waals surface area contributed by atoms with Crippen molar-refractivity contribution in [2.75, 3.05) is 27.2 Å². The van der Waals surface area contributed by atoms with Crippen LogP contribution in [-0.2, 0) is 5.88 Å². The average Bonchev–Trinajstić information content (AvgIpc) is 2.52. The van der Waals surface area contributed by atoms with Gasteiger partial charge in [0.1, 0.15) is 12.9 Å². The summed E-state index contributed by atoms with van der Waals surface area (Å²) < 4.78 is 10.2. The number of hydrogen-bond donors (Lipinski definition) is 0. The van der Waals surface area contributed by atoms with Gasteiger partial charge in [-0.3, -0.25) is 0 Å². The van der Waals surface area contributed by atoms with Crippen molar-refractivity contribution in [2.24, 2.45) is 0 Å². The van der Waals surface area contributed by atoms with E-state index >= 15 is 0 Å². The zero-order chi connectivity index (χ0) is 9.68. The number of halogens is 1. The summed E-state index contributed by atoms with van der Waals surface area (Å²) in [6.07, 6.45) is 1.79. The van der Waals surface area contributed by atoms with Gasteiger partial charge in [-0.25, -0.2) is 0 Å². The Hall–Kier alpha value is -0.740. The van der Waals surface area contributed by atoms with Gasteiger partial charge in [-0.15, -0.1) is 11.6 Å². The maximum atomic E-state index is 5.54. The minimum Gasteiger partial charge on any atom is -0.449 e. The van der Waals surface area contributed by atoms with E-state index < -0.39 is 0 Å².